The summed E-state index contributed by atoms with van der Waals surface area (Å²) in [5, 5.41) is 2.85. The molecule has 1 N–H and O–H groups in total. The Morgan fingerprint density at radius 1 is 1.21 bits per heavy atom. The highest BCUT2D eigenvalue weighted by molar-refractivity contribution is 5.87. The zero-order valence-electron chi connectivity index (χ0n) is 15.0. The summed E-state index contributed by atoms with van der Waals surface area (Å²) >= 11 is 0. The van der Waals surface area contributed by atoms with E-state index in [1.807, 2.05) is 24.3 Å². The van der Waals surface area contributed by atoms with Crippen molar-refractivity contribution in [1.82, 2.24) is 10.2 Å². The topological polar surface area (TPSA) is 67.9 Å². The minimum Gasteiger partial charge on any atom is -0.497 e. The van der Waals surface area contributed by atoms with Crippen LogP contribution in [0.1, 0.15) is 32.3 Å². The first-order valence-electron chi connectivity index (χ1n) is 8.22. The van der Waals surface area contributed by atoms with Crippen molar-refractivity contribution < 1.29 is 19.1 Å². The van der Waals surface area contributed by atoms with Crippen LogP contribution in [0.5, 0.6) is 5.75 Å². The average molecular weight is 336 g/mol. The molecule has 24 heavy (non-hydrogen) atoms. The number of nitrogens with zero attached hydrogens (tertiary/aromatic N) is 1. The lowest BCUT2D eigenvalue weighted by atomic mass is 10.1. The smallest absolute Gasteiger partial charge is 0.242 e. The summed E-state index contributed by atoms with van der Waals surface area (Å²) in [6.07, 6.45) is 1.10. The van der Waals surface area contributed by atoms with Gasteiger partial charge in [0.05, 0.1) is 7.11 Å². The third kappa shape index (κ3) is 6.20. The summed E-state index contributed by atoms with van der Waals surface area (Å²) < 4.78 is 10.1. The van der Waals surface area contributed by atoms with E-state index in [-0.39, 0.29) is 11.8 Å². The Kier molecular flexibility index (Phi) is 8.86. The monoisotopic (exact) mass is 336 g/mol. The molecule has 6 heteroatoms. The number of carbonyl (C=O) groups excluding carboxylic acids is 2. The summed E-state index contributed by atoms with van der Waals surface area (Å²) in [4.78, 5) is 26.2. The Morgan fingerprint density at radius 3 is 2.42 bits per heavy atom. The first-order chi connectivity index (χ1) is 11.5. The molecule has 0 spiro atoms. The van der Waals surface area contributed by atoms with Gasteiger partial charge in [0, 0.05) is 33.2 Å². The predicted octanol–water partition coefficient (Wildman–Crippen LogP) is 1.97. The molecular weight excluding hydrogens is 308 g/mol. The lowest BCUT2D eigenvalue weighted by Gasteiger charge is -2.28. The number of carbonyl (C=O) groups is 2. The van der Waals surface area contributed by atoms with Crippen LogP contribution in [0, 0.1) is 0 Å². The van der Waals surface area contributed by atoms with Gasteiger partial charge in [-0.2, -0.15) is 0 Å². The number of amides is 2. The molecular formula is C18H28N2O4. The van der Waals surface area contributed by atoms with E-state index in [0.29, 0.717) is 26.1 Å². The maximum absolute atomic E-state index is 12.3. The number of hydrogen-bond donors (Lipinski definition) is 1. The highest BCUT2D eigenvalue weighted by atomic mass is 16.5. The Bertz CT molecular complexity index is 516. The molecule has 0 saturated heterocycles. The number of ether oxygens (including phenoxy) is 2. The van der Waals surface area contributed by atoms with Crippen LogP contribution in [0.2, 0.25) is 0 Å². The third-order valence-corrected chi connectivity index (χ3v) is 3.81. The van der Waals surface area contributed by atoms with Crippen LogP contribution in [-0.2, 0) is 20.9 Å². The second-order valence-corrected chi connectivity index (χ2v) is 5.54. The van der Waals surface area contributed by atoms with E-state index in [0.717, 1.165) is 17.7 Å². The number of hydrogen-bond acceptors (Lipinski definition) is 4. The molecule has 6 nitrogen and oxygen atoms in total. The maximum atomic E-state index is 12.3. The molecule has 0 saturated carbocycles. The van der Waals surface area contributed by atoms with Gasteiger partial charge >= 0.3 is 0 Å². The van der Waals surface area contributed by atoms with Crippen molar-refractivity contribution in [2.45, 2.75) is 39.3 Å². The second-order valence-electron chi connectivity index (χ2n) is 5.54. The summed E-state index contributed by atoms with van der Waals surface area (Å²) in [7, 11) is 3.23. The van der Waals surface area contributed by atoms with E-state index < -0.39 is 6.04 Å². The van der Waals surface area contributed by atoms with Gasteiger partial charge in [-0.15, -0.1) is 0 Å². The number of benzene rings is 1. The summed E-state index contributed by atoms with van der Waals surface area (Å²) in [6.45, 7) is 5.07. The van der Waals surface area contributed by atoms with Gasteiger partial charge in [0.1, 0.15) is 11.8 Å². The van der Waals surface area contributed by atoms with Crippen molar-refractivity contribution in [2.24, 2.45) is 0 Å². The first kappa shape index (κ1) is 20.0. The molecule has 134 valence electrons. The fourth-order valence-corrected chi connectivity index (χ4v) is 2.29. The molecule has 1 atom stereocenters. The van der Waals surface area contributed by atoms with Gasteiger partial charge in [-0.1, -0.05) is 19.1 Å². The average Bonchev–Trinajstić information content (AvgIpc) is 2.62. The number of rotatable bonds is 10. The van der Waals surface area contributed by atoms with Gasteiger partial charge < -0.3 is 19.7 Å². The van der Waals surface area contributed by atoms with E-state index in [1.54, 1.807) is 33.0 Å². The molecule has 0 bridgehead atoms. The molecule has 0 radical (unpaired) electrons. The quantitative estimate of drug-likeness (QED) is 0.663. The van der Waals surface area contributed by atoms with Crippen molar-refractivity contribution in [2.75, 3.05) is 27.4 Å². The first-order valence-corrected chi connectivity index (χ1v) is 8.22. The van der Waals surface area contributed by atoms with Crippen LogP contribution < -0.4 is 10.1 Å². The van der Waals surface area contributed by atoms with Crippen LogP contribution in [0.3, 0.4) is 0 Å². The zero-order valence-corrected chi connectivity index (χ0v) is 15.0. The van der Waals surface area contributed by atoms with Crippen LogP contribution in [0.15, 0.2) is 24.3 Å². The van der Waals surface area contributed by atoms with Crippen LogP contribution in [0.4, 0.5) is 0 Å². The van der Waals surface area contributed by atoms with E-state index in [4.69, 9.17) is 9.47 Å². The van der Waals surface area contributed by atoms with Crippen molar-refractivity contribution in [3.63, 3.8) is 0 Å². The van der Waals surface area contributed by atoms with Crippen LogP contribution in [-0.4, -0.2) is 50.1 Å². The maximum Gasteiger partial charge on any atom is 0.242 e. The lowest BCUT2D eigenvalue weighted by Crippen LogP contribution is -2.47. The van der Waals surface area contributed by atoms with Gasteiger partial charge in [0.25, 0.3) is 0 Å². The van der Waals surface area contributed by atoms with Crippen molar-refractivity contribution in [1.29, 1.82) is 0 Å². The van der Waals surface area contributed by atoms with Crippen molar-refractivity contribution >= 4 is 11.8 Å². The van der Waals surface area contributed by atoms with Gasteiger partial charge in [-0.3, -0.25) is 9.59 Å². The molecule has 1 aromatic rings. The molecule has 1 rings (SSSR count). The second kappa shape index (κ2) is 10.6. The normalized spacial score (nSPS) is 11.7. The molecule has 1 aromatic carbocycles. The van der Waals surface area contributed by atoms with Gasteiger partial charge in [-0.25, -0.2) is 0 Å². The van der Waals surface area contributed by atoms with E-state index in [2.05, 4.69) is 5.32 Å². The summed E-state index contributed by atoms with van der Waals surface area (Å²) in [6, 6.07) is 6.97. The van der Waals surface area contributed by atoms with Gasteiger partial charge in [-0.05, 0) is 31.0 Å². The largest absolute Gasteiger partial charge is 0.497 e. The van der Waals surface area contributed by atoms with Crippen molar-refractivity contribution in [3.8, 4) is 5.75 Å². The molecule has 0 fully saturated rings. The fourth-order valence-electron chi connectivity index (χ4n) is 2.29. The Hall–Kier alpha value is -2.08. The summed E-state index contributed by atoms with van der Waals surface area (Å²) in [5.41, 5.74) is 0.955. The zero-order chi connectivity index (χ0) is 17.9. The Balaban J connectivity index is 2.72. The standard InChI is InChI=1S/C18H28N2O4/c1-5-17(21)20(13-15-7-9-16(24-4)10-8-15)14(2)18(22)19-11-6-12-23-3/h7-10,14H,5-6,11-13H2,1-4H3,(H,19,22). The van der Waals surface area contributed by atoms with E-state index in [1.165, 1.54) is 0 Å². The van der Waals surface area contributed by atoms with E-state index >= 15 is 0 Å². The Labute approximate surface area is 144 Å². The molecule has 2 amide bonds. The molecule has 1 unspecified atom stereocenters. The highest BCUT2D eigenvalue weighted by Crippen LogP contribution is 2.15. The SMILES string of the molecule is CCC(=O)N(Cc1ccc(OC)cc1)C(C)C(=O)NCCCOC. The third-order valence-electron chi connectivity index (χ3n) is 3.81. The minimum absolute atomic E-state index is 0.0506. The van der Waals surface area contributed by atoms with Crippen LogP contribution in [0.25, 0.3) is 0 Å². The predicted molar refractivity (Wildman–Crippen MR) is 92.8 cm³/mol. The highest BCUT2D eigenvalue weighted by Gasteiger charge is 2.24. The Morgan fingerprint density at radius 2 is 1.88 bits per heavy atom. The van der Waals surface area contributed by atoms with E-state index in [9.17, 15) is 9.59 Å². The number of methoxy groups -OCH3 is 2. The molecule has 0 aromatic heterocycles. The van der Waals surface area contributed by atoms with Crippen LogP contribution >= 0.6 is 0 Å². The van der Waals surface area contributed by atoms with Gasteiger partial charge in [0.2, 0.25) is 11.8 Å². The molecule has 0 heterocycles. The molecule has 0 aliphatic carbocycles. The van der Waals surface area contributed by atoms with Gasteiger partial charge in [0.15, 0.2) is 0 Å². The fraction of sp³-hybridized carbons (Fsp3) is 0.556. The summed E-state index contributed by atoms with van der Waals surface area (Å²) in [5.74, 6) is 0.558. The molecule has 0 aliphatic heterocycles. The van der Waals surface area contributed by atoms with Crippen molar-refractivity contribution in [3.05, 3.63) is 29.8 Å². The minimum atomic E-state index is -0.526. The molecule has 0 aliphatic rings. The number of nitrogens with one attached hydrogen (secondary N) is 1. The lowest BCUT2D eigenvalue weighted by molar-refractivity contribution is -0.140.